The first kappa shape index (κ1) is 19.7. The van der Waals surface area contributed by atoms with E-state index in [1.54, 1.807) is 0 Å². The zero-order valence-corrected chi connectivity index (χ0v) is 17.7. The van der Waals surface area contributed by atoms with E-state index in [1.807, 2.05) is 36.5 Å². The maximum absolute atomic E-state index is 12.5. The van der Waals surface area contributed by atoms with Crippen molar-refractivity contribution in [1.29, 1.82) is 0 Å². The number of aryl methyl sites for hydroxylation is 2. The number of rotatable bonds is 6. The molecule has 0 unspecified atom stereocenters. The molecular weight excluding hydrogens is 380 g/mol. The third-order valence-electron chi connectivity index (χ3n) is 5.54. The molecule has 0 aliphatic carbocycles. The zero-order chi connectivity index (χ0) is 20.2. The molecule has 0 radical (unpaired) electrons. The van der Waals surface area contributed by atoms with E-state index in [4.69, 9.17) is 4.98 Å². The van der Waals surface area contributed by atoms with E-state index >= 15 is 0 Å². The topological polar surface area (TPSA) is 58.1 Å². The van der Waals surface area contributed by atoms with E-state index in [9.17, 15) is 4.79 Å². The van der Waals surface area contributed by atoms with Gasteiger partial charge in [-0.05, 0) is 62.1 Å². The fourth-order valence-electron chi connectivity index (χ4n) is 3.78. The Bertz CT molecular complexity index is 983. The lowest BCUT2D eigenvalue weighted by Gasteiger charge is -2.23. The predicted molar refractivity (Wildman–Crippen MR) is 117 cm³/mol. The van der Waals surface area contributed by atoms with Crippen LogP contribution >= 0.6 is 11.3 Å². The molecule has 1 atom stereocenters. The molecule has 1 saturated heterocycles. The van der Waals surface area contributed by atoms with Gasteiger partial charge in [0.05, 0.1) is 17.4 Å². The van der Waals surface area contributed by atoms with Crippen molar-refractivity contribution in [1.82, 2.24) is 14.9 Å². The summed E-state index contributed by atoms with van der Waals surface area (Å²) in [5, 5.41) is 5.68. The summed E-state index contributed by atoms with van der Waals surface area (Å²) in [6.07, 6.45) is 5.06. The van der Waals surface area contributed by atoms with Crippen LogP contribution in [0.2, 0.25) is 0 Å². The van der Waals surface area contributed by atoms with Gasteiger partial charge < -0.3 is 0 Å². The number of hydrogen-bond acceptors (Lipinski definition) is 5. The molecule has 1 amide bonds. The highest BCUT2D eigenvalue weighted by Crippen LogP contribution is 2.34. The number of nitrogens with one attached hydrogen (secondary N) is 1. The summed E-state index contributed by atoms with van der Waals surface area (Å²) < 4.78 is 0. The van der Waals surface area contributed by atoms with E-state index in [0.29, 0.717) is 10.7 Å². The molecule has 0 saturated carbocycles. The third kappa shape index (κ3) is 4.54. The molecule has 5 nitrogen and oxygen atoms in total. The monoisotopic (exact) mass is 406 g/mol. The molecule has 1 aliphatic heterocycles. The summed E-state index contributed by atoms with van der Waals surface area (Å²) in [5.41, 5.74) is 5.27. The van der Waals surface area contributed by atoms with Crippen molar-refractivity contribution in [2.24, 2.45) is 0 Å². The molecule has 1 aromatic carbocycles. The number of aromatic nitrogens is 2. The molecule has 2 aromatic heterocycles. The van der Waals surface area contributed by atoms with Gasteiger partial charge in [-0.3, -0.25) is 20.0 Å². The minimum atomic E-state index is -0.110. The quantitative estimate of drug-likeness (QED) is 0.626. The molecule has 3 aromatic rings. The average molecular weight is 407 g/mol. The lowest BCUT2D eigenvalue weighted by atomic mass is 10.1. The first-order valence-electron chi connectivity index (χ1n) is 10.1. The Hall–Kier alpha value is -2.57. The van der Waals surface area contributed by atoms with Gasteiger partial charge in [0.25, 0.3) is 5.91 Å². The number of nitrogens with zero attached hydrogens (tertiary/aromatic N) is 3. The van der Waals surface area contributed by atoms with Crippen LogP contribution in [0.5, 0.6) is 0 Å². The molecule has 4 rings (SSSR count). The molecule has 0 spiro atoms. The molecule has 1 aliphatic rings. The maximum Gasteiger partial charge on any atom is 0.257 e. The van der Waals surface area contributed by atoms with Crippen molar-refractivity contribution in [3.8, 4) is 0 Å². The Morgan fingerprint density at radius 3 is 2.86 bits per heavy atom. The number of hydrogen-bond donors (Lipinski definition) is 1. The predicted octanol–water partition coefficient (Wildman–Crippen LogP) is 5.00. The highest BCUT2D eigenvalue weighted by atomic mass is 32.1. The Morgan fingerprint density at radius 2 is 2.10 bits per heavy atom. The number of amides is 1. The average Bonchev–Trinajstić information content (AvgIpc) is 3.39. The Morgan fingerprint density at radius 1 is 1.28 bits per heavy atom. The molecule has 150 valence electrons. The number of benzene rings is 1. The van der Waals surface area contributed by atoms with Gasteiger partial charge in [0.1, 0.15) is 0 Å². The zero-order valence-electron chi connectivity index (χ0n) is 16.9. The van der Waals surface area contributed by atoms with E-state index < -0.39 is 0 Å². The van der Waals surface area contributed by atoms with Crippen molar-refractivity contribution in [2.75, 3.05) is 11.9 Å². The van der Waals surface area contributed by atoms with Crippen LogP contribution in [0, 0.1) is 6.92 Å². The van der Waals surface area contributed by atoms with Crippen LogP contribution < -0.4 is 5.32 Å². The van der Waals surface area contributed by atoms with E-state index in [-0.39, 0.29) is 11.9 Å². The minimum absolute atomic E-state index is 0.110. The smallest absolute Gasteiger partial charge is 0.257 e. The van der Waals surface area contributed by atoms with Gasteiger partial charge in [-0.15, -0.1) is 11.3 Å². The van der Waals surface area contributed by atoms with Crippen LogP contribution in [0.15, 0.2) is 48.0 Å². The number of anilines is 1. The molecular formula is C23H26N4OS. The van der Waals surface area contributed by atoms with Crippen molar-refractivity contribution >= 4 is 22.4 Å². The molecule has 6 heteroatoms. The SMILES string of the molecule is CCc1ccc(C(=O)Nc2nc([C@H]3CCCN3Cc3ncccc3C)cs2)cc1. The second kappa shape index (κ2) is 8.84. The first-order chi connectivity index (χ1) is 14.1. The van der Waals surface area contributed by atoms with Gasteiger partial charge in [-0.1, -0.05) is 25.1 Å². The van der Waals surface area contributed by atoms with Crippen LogP contribution in [0.3, 0.4) is 0 Å². The summed E-state index contributed by atoms with van der Waals surface area (Å²) in [6, 6.07) is 12.1. The van der Waals surface area contributed by atoms with Gasteiger partial charge in [0.2, 0.25) is 0 Å². The summed E-state index contributed by atoms with van der Waals surface area (Å²) in [6.45, 7) is 6.09. The number of thiazole rings is 1. The standard InChI is InChI=1S/C23H26N4OS/c1-3-17-8-10-18(11-9-17)22(28)26-23-25-20(15-29-23)21-7-5-13-27(21)14-19-16(2)6-4-12-24-19/h4,6,8-12,15,21H,3,5,7,13-14H2,1-2H3,(H,25,26,28)/t21-/m1/s1. The summed E-state index contributed by atoms with van der Waals surface area (Å²) in [7, 11) is 0. The van der Waals surface area contributed by atoms with E-state index in [1.165, 1.54) is 22.5 Å². The van der Waals surface area contributed by atoms with Crippen molar-refractivity contribution < 1.29 is 4.79 Å². The molecule has 1 N–H and O–H groups in total. The lowest BCUT2D eigenvalue weighted by Crippen LogP contribution is -2.24. The molecule has 3 heterocycles. The van der Waals surface area contributed by atoms with Gasteiger partial charge >= 0.3 is 0 Å². The van der Waals surface area contributed by atoms with Crippen molar-refractivity contribution in [3.05, 3.63) is 76.1 Å². The first-order valence-corrected chi connectivity index (χ1v) is 11.0. The number of carbonyl (C=O) groups excluding carboxylic acids is 1. The van der Waals surface area contributed by atoms with Crippen LogP contribution in [0.1, 0.15) is 58.7 Å². The number of carbonyl (C=O) groups is 1. The molecule has 1 fully saturated rings. The summed E-state index contributed by atoms with van der Waals surface area (Å²) in [5.74, 6) is -0.110. The third-order valence-corrected chi connectivity index (χ3v) is 6.32. The fourth-order valence-corrected chi connectivity index (χ4v) is 4.54. The van der Waals surface area contributed by atoms with Gasteiger partial charge in [0.15, 0.2) is 5.13 Å². The second-order valence-corrected chi connectivity index (χ2v) is 8.34. The van der Waals surface area contributed by atoms with Gasteiger partial charge in [0, 0.05) is 23.7 Å². The Labute approximate surface area is 175 Å². The maximum atomic E-state index is 12.5. The number of pyridine rings is 1. The summed E-state index contributed by atoms with van der Waals surface area (Å²) in [4.78, 5) is 24.2. The van der Waals surface area contributed by atoms with Crippen LogP contribution in [0.25, 0.3) is 0 Å². The molecule has 29 heavy (non-hydrogen) atoms. The minimum Gasteiger partial charge on any atom is -0.298 e. The van der Waals surface area contributed by atoms with Gasteiger partial charge in [-0.25, -0.2) is 4.98 Å². The summed E-state index contributed by atoms with van der Waals surface area (Å²) >= 11 is 1.49. The highest BCUT2D eigenvalue weighted by molar-refractivity contribution is 7.14. The second-order valence-electron chi connectivity index (χ2n) is 7.48. The van der Waals surface area contributed by atoms with Crippen molar-refractivity contribution in [3.63, 3.8) is 0 Å². The van der Waals surface area contributed by atoms with Gasteiger partial charge in [-0.2, -0.15) is 0 Å². The number of likely N-dealkylation sites (tertiary alicyclic amines) is 1. The van der Waals surface area contributed by atoms with E-state index in [2.05, 4.69) is 40.5 Å². The molecule has 0 bridgehead atoms. The Balaban J connectivity index is 1.43. The largest absolute Gasteiger partial charge is 0.298 e. The highest BCUT2D eigenvalue weighted by Gasteiger charge is 2.28. The van der Waals surface area contributed by atoms with Crippen LogP contribution in [0.4, 0.5) is 5.13 Å². The Kier molecular flexibility index (Phi) is 6.02. The van der Waals surface area contributed by atoms with E-state index in [0.717, 1.165) is 43.7 Å². The van der Waals surface area contributed by atoms with Crippen molar-refractivity contribution in [2.45, 2.75) is 45.7 Å². The fraction of sp³-hybridized carbons (Fsp3) is 0.348. The lowest BCUT2D eigenvalue weighted by molar-refractivity contribution is 0.102. The van der Waals surface area contributed by atoms with Crippen LogP contribution in [-0.4, -0.2) is 27.3 Å². The normalized spacial score (nSPS) is 16.8. The van der Waals surface area contributed by atoms with Crippen LogP contribution in [-0.2, 0) is 13.0 Å².